The lowest BCUT2D eigenvalue weighted by Gasteiger charge is -2.31. The first-order valence-corrected chi connectivity index (χ1v) is 19.5. The molecule has 6 atom stereocenters. The maximum absolute atomic E-state index is 13.1. The lowest BCUT2D eigenvalue weighted by molar-refractivity contribution is -0.175. The van der Waals surface area contributed by atoms with Crippen LogP contribution in [0.15, 0.2) is 58.8 Å². The number of aromatic amines is 1. The van der Waals surface area contributed by atoms with Crippen LogP contribution in [0, 0.1) is 18.8 Å². The first-order chi connectivity index (χ1) is 28.6. The number of ether oxygens (including phenoxy) is 2. The first kappa shape index (κ1) is 46.4. The summed E-state index contributed by atoms with van der Waals surface area (Å²) >= 11 is 0. The fourth-order valence-corrected chi connectivity index (χ4v) is 8.10. The number of carbonyl (C=O) groups excluding carboxylic acids is 3. The van der Waals surface area contributed by atoms with Crippen molar-refractivity contribution >= 4 is 34.7 Å². The van der Waals surface area contributed by atoms with Gasteiger partial charge in [0, 0.05) is 29.2 Å². The summed E-state index contributed by atoms with van der Waals surface area (Å²) in [6.07, 6.45) is -6.44. The quantitative estimate of drug-likeness (QED) is 0.148. The second-order valence-electron chi connectivity index (χ2n) is 15.0. The number of amides is 3. The molecule has 0 saturated carbocycles. The Bertz CT molecular complexity index is 2340. The van der Waals surface area contributed by atoms with Crippen LogP contribution in [0.2, 0.25) is 0 Å². The van der Waals surface area contributed by atoms with Gasteiger partial charge >= 0.3 is 29.9 Å². The van der Waals surface area contributed by atoms with Crippen LogP contribution in [-0.2, 0) is 19.1 Å². The van der Waals surface area contributed by atoms with Gasteiger partial charge in [0.1, 0.15) is 6.33 Å². The number of nitrogens with zero attached hydrogens (tertiary/aromatic N) is 5. The normalized spacial score (nSPS) is 23.2. The summed E-state index contributed by atoms with van der Waals surface area (Å²) in [5.74, 6) is -5.33. The van der Waals surface area contributed by atoms with Gasteiger partial charge < -0.3 is 25.4 Å². The number of fused-ring (bicyclic) bond motifs is 1. The number of halogens is 6. The van der Waals surface area contributed by atoms with Crippen LogP contribution in [0.5, 0.6) is 0 Å². The molecule has 0 spiro atoms. The van der Waals surface area contributed by atoms with Gasteiger partial charge in [-0.1, -0.05) is 59.7 Å². The highest BCUT2D eigenvalue weighted by Crippen LogP contribution is 2.47. The molecule has 0 bridgehead atoms. The smallest absolute Gasteiger partial charge is 0.349 e. The van der Waals surface area contributed by atoms with Gasteiger partial charge in [-0.15, -0.1) is 0 Å². The van der Waals surface area contributed by atoms with Crippen molar-refractivity contribution in [2.45, 2.75) is 122 Å². The summed E-state index contributed by atoms with van der Waals surface area (Å²) < 4.78 is 92.3. The van der Waals surface area contributed by atoms with E-state index in [1.165, 1.54) is 30.3 Å². The molecule has 2 aliphatic heterocycles. The lowest BCUT2D eigenvalue weighted by atomic mass is 9.81. The van der Waals surface area contributed by atoms with Gasteiger partial charge in [-0.25, -0.2) is 19.7 Å². The fourth-order valence-electron chi connectivity index (χ4n) is 8.10. The third kappa shape index (κ3) is 9.19. The minimum Gasteiger partial charge on any atom is -0.349 e. The third-order valence-electron chi connectivity index (χ3n) is 11.9. The number of nitrogens with one attached hydrogen (secondary N) is 4. The molecule has 4 N–H and O–H groups in total. The van der Waals surface area contributed by atoms with Crippen molar-refractivity contribution in [3.8, 4) is 0 Å². The maximum Gasteiger partial charge on any atom is 0.471 e. The summed E-state index contributed by atoms with van der Waals surface area (Å²) in [5, 5.41) is 6.76. The molecular weight excluding hydrogens is 820 g/mol. The van der Waals surface area contributed by atoms with Crippen LogP contribution in [0.25, 0.3) is 11.2 Å². The summed E-state index contributed by atoms with van der Waals surface area (Å²) in [6, 6.07) is 6.42. The zero-order chi connectivity index (χ0) is 45.2. The molecule has 22 heteroatoms. The van der Waals surface area contributed by atoms with Gasteiger partial charge in [0.25, 0.3) is 11.5 Å². The number of benzene rings is 1. The molecule has 0 radical (unpaired) electrons. The van der Waals surface area contributed by atoms with Gasteiger partial charge in [0.05, 0.1) is 29.6 Å². The summed E-state index contributed by atoms with van der Waals surface area (Å²) in [5.41, 5.74) is -1.88. The number of alkyl halides is 6. The Hall–Kier alpha value is -5.64. The van der Waals surface area contributed by atoms with Gasteiger partial charge in [-0.2, -0.15) is 26.3 Å². The van der Waals surface area contributed by atoms with Crippen molar-refractivity contribution < 1.29 is 50.2 Å². The number of aromatic nitrogens is 6. The van der Waals surface area contributed by atoms with Crippen LogP contribution in [0.1, 0.15) is 95.6 Å². The molecule has 5 heterocycles. The van der Waals surface area contributed by atoms with Gasteiger partial charge in [-0.05, 0) is 44.7 Å². The average Bonchev–Trinajstić information content (AvgIpc) is 3.86. The van der Waals surface area contributed by atoms with Crippen LogP contribution < -0.4 is 27.2 Å². The molecular formula is C39H47F6N9O7. The zero-order valence-corrected chi connectivity index (χ0v) is 34.3. The molecule has 2 unspecified atom stereocenters. The van der Waals surface area contributed by atoms with Crippen molar-refractivity contribution in [1.29, 1.82) is 0 Å². The predicted molar refractivity (Wildman–Crippen MR) is 207 cm³/mol. The Balaban J connectivity index is 0.000000242. The number of rotatable bonds is 10. The molecule has 3 amide bonds. The Morgan fingerprint density at radius 3 is 1.74 bits per heavy atom. The van der Waals surface area contributed by atoms with Crippen LogP contribution in [0.3, 0.4) is 0 Å². The van der Waals surface area contributed by atoms with Crippen LogP contribution in [-0.4, -0.2) is 82.4 Å². The van der Waals surface area contributed by atoms with E-state index < -0.39 is 88.9 Å². The zero-order valence-electron chi connectivity index (χ0n) is 34.3. The maximum atomic E-state index is 13.1. The standard InChI is InChI=1S/C23H25F3N6O3.C16H22F3N3O4/c1-4-22(5-2)13(3)15(30-21(34)23(24,25)26)20(35-22)32-12-29-16-17(27-11-28-18(16)32)31-19(33)14-9-7-6-8-10-14;1-5-15(6-2)9(4)10(20-13(24)16(17,18)19)12(26-15)22-7-8(3)11(23)21-14(22)25/h6-13,15,20H,4-5H2,1-3H3,(H,30,34)(H,27,28,31,33);7,9-10,12H,5-6H2,1-4H3,(H,20,24)(H,21,23,25)/t13?,15-,20+;9?,10-,12+/m00/s1. The van der Waals surface area contributed by atoms with E-state index in [-0.39, 0.29) is 22.5 Å². The Labute approximate surface area is 344 Å². The van der Waals surface area contributed by atoms with E-state index in [0.29, 0.717) is 31.2 Å². The molecule has 6 rings (SSSR count). The molecule has 1 aromatic carbocycles. The minimum atomic E-state index is -5.06. The molecule has 16 nitrogen and oxygen atoms in total. The van der Waals surface area contributed by atoms with E-state index in [2.05, 4.69) is 30.6 Å². The van der Waals surface area contributed by atoms with Crippen molar-refractivity contribution in [1.82, 2.24) is 39.7 Å². The van der Waals surface area contributed by atoms with E-state index in [1.54, 1.807) is 44.2 Å². The van der Waals surface area contributed by atoms with Crippen molar-refractivity contribution in [3.63, 3.8) is 0 Å². The van der Waals surface area contributed by atoms with Crippen LogP contribution >= 0.6 is 0 Å². The monoisotopic (exact) mass is 867 g/mol. The SMILES string of the molecule is CCC1(CC)O[C@@H](n2cc(C)c(=O)[nH]c2=O)[C@@H](NC(=O)C(F)(F)F)C1C.CCC1(CC)O[C@@H](n2cnc3c(NC(=O)c4ccccc4)ncnc32)[C@@H](NC(=O)C(F)(F)F)C1C. The molecule has 3 aromatic heterocycles. The van der Waals surface area contributed by atoms with Crippen LogP contribution in [0.4, 0.5) is 32.2 Å². The highest BCUT2D eigenvalue weighted by molar-refractivity contribution is 6.06. The van der Waals surface area contributed by atoms with E-state index in [0.717, 1.165) is 4.57 Å². The minimum absolute atomic E-state index is 0.141. The van der Waals surface area contributed by atoms with Gasteiger partial charge in [-0.3, -0.25) is 33.3 Å². The average molecular weight is 868 g/mol. The molecule has 4 aromatic rings. The number of H-pyrrole nitrogens is 1. The van der Waals surface area contributed by atoms with E-state index in [9.17, 15) is 50.3 Å². The molecule has 2 fully saturated rings. The number of aryl methyl sites for hydroxylation is 1. The Morgan fingerprint density at radius 2 is 1.26 bits per heavy atom. The van der Waals surface area contributed by atoms with Gasteiger partial charge in [0.2, 0.25) is 0 Å². The van der Waals surface area contributed by atoms with E-state index in [4.69, 9.17) is 9.47 Å². The summed E-state index contributed by atoms with van der Waals surface area (Å²) in [4.78, 5) is 74.5. The van der Waals surface area contributed by atoms with Gasteiger partial charge in [0.15, 0.2) is 29.4 Å². The number of anilines is 1. The van der Waals surface area contributed by atoms with E-state index in [1.807, 2.05) is 33.0 Å². The largest absolute Gasteiger partial charge is 0.471 e. The highest BCUT2D eigenvalue weighted by Gasteiger charge is 2.55. The Morgan fingerprint density at radius 1 is 0.770 bits per heavy atom. The molecule has 61 heavy (non-hydrogen) atoms. The number of hydrogen-bond donors (Lipinski definition) is 4. The van der Waals surface area contributed by atoms with Crippen molar-refractivity contribution in [2.75, 3.05) is 5.32 Å². The second-order valence-corrected chi connectivity index (χ2v) is 15.0. The molecule has 332 valence electrons. The topological polar surface area (TPSA) is 204 Å². The second kappa shape index (κ2) is 17.8. The fraction of sp³-hybridized carbons (Fsp3) is 0.538. The number of hydrogen-bond acceptors (Lipinski definition) is 10. The predicted octanol–water partition coefficient (Wildman–Crippen LogP) is 5.47. The highest BCUT2D eigenvalue weighted by atomic mass is 19.4. The lowest BCUT2D eigenvalue weighted by Crippen LogP contribution is -2.50. The molecule has 2 aliphatic rings. The number of carbonyl (C=O) groups is 3. The molecule has 0 aliphatic carbocycles. The Kier molecular flexibility index (Phi) is 13.5. The van der Waals surface area contributed by atoms with Crippen molar-refractivity contribution in [2.24, 2.45) is 11.8 Å². The first-order valence-electron chi connectivity index (χ1n) is 19.5. The van der Waals surface area contributed by atoms with E-state index >= 15 is 0 Å². The number of imidazole rings is 1. The summed E-state index contributed by atoms with van der Waals surface area (Å²) in [7, 11) is 0. The third-order valence-corrected chi connectivity index (χ3v) is 11.9. The summed E-state index contributed by atoms with van der Waals surface area (Å²) in [6.45, 7) is 12.3. The van der Waals surface area contributed by atoms with Crippen molar-refractivity contribution in [3.05, 3.63) is 81.1 Å². The molecule has 2 saturated heterocycles.